The van der Waals surface area contributed by atoms with E-state index < -0.39 is 0 Å². The number of hydrogen-bond acceptors (Lipinski definition) is 1. The normalized spacial score (nSPS) is 15.0. The summed E-state index contributed by atoms with van der Waals surface area (Å²) in [5.74, 6) is 0.987. The van der Waals surface area contributed by atoms with Crippen LogP contribution >= 0.6 is 0 Å². The van der Waals surface area contributed by atoms with E-state index in [1.165, 1.54) is 50.5 Å². The zero-order valence-corrected chi connectivity index (χ0v) is 16.2. The molecule has 0 radical (unpaired) electrons. The maximum atomic E-state index is 2.41. The summed E-state index contributed by atoms with van der Waals surface area (Å²) < 4.78 is 0. The molecule has 0 bridgehead atoms. The summed E-state index contributed by atoms with van der Waals surface area (Å²) >= 11 is 0. The Morgan fingerprint density at radius 1 is 0.741 bits per heavy atom. The van der Waals surface area contributed by atoms with E-state index in [9.17, 15) is 0 Å². The molecule has 0 fully saturated rings. The van der Waals surface area contributed by atoms with E-state index in [4.69, 9.17) is 0 Å². The van der Waals surface area contributed by atoms with Gasteiger partial charge in [0.25, 0.3) is 0 Å². The third-order valence-electron chi connectivity index (χ3n) is 6.45. The van der Waals surface area contributed by atoms with Crippen LogP contribution in [0, 0.1) is 5.92 Å². The molecule has 4 aromatic rings. The summed E-state index contributed by atoms with van der Waals surface area (Å²) in [6.45, 7) is 4.73. The van der Waals surface area contributed by atoms with Gasteiger partial charge in [-0.2, -0.15) is 0 Å². The van der Waals surface area contributed by atoms with E-state index in [-0.39, 0.29) is 0 Å². The van der Waals surface area contributed by atoms with Gasteiger partial charge >= 0.3 is 0 Å². The molecule has 0 aromatic heterocycles. The summed E-state index contributed by atoms with van der Waals surface area (Å²) in [4.78, 5) is 2.39. The van der Waals surface area contributed by atoms with Crippen LogP contribution in [0.2, 0.25) is 0 Å². The molecule has 1 atom stereocenters. The molecule has 27 heavy (non-hydrogen) atoms. The van der Waals surface area contributed by atoms with E-state index in [0.29, 0.717) is 11.8 Å². The van der Waals surface area contributed by atoms with Crippen molar-refractivity contribution in [2.75, 3.05) is 11.9 Å². The molecule has 1 heterocycles. The lowest BCUT2D eigenvalue weighted by atomic mass is 9.73. The Morgan fingerprint density at radius 2 is 1.22 bits per heavy atom. The lowest BCUT2D eigenvalue weighted by Crippen LogP contribution is -2.25. The average molecular weight is 351 g/mol. The molecule has 5 rings (SSSR count). The fourth-order valence-electron chi connectivity index (χ4n) is 4.89. The topological polar surface area (TPSA) is 3.24 Å². The summed E-state index contributed by atoms with van der Waals surface area (Å²) in [6.07, 6.45) is 1.17. The van der Waals surface area contributed by atoms with Crippen molar-refractivity contribution in [2.24, 2.45) is 5.92 Å². The van der Waals surface area contributed by atoms with Gasteiger partial charge in [0.1, 0.15) is 0 Å². The van der Waals surface area contributed by atoms with Gasteiger partial charge in [-0.3, -0.25) is 0 Å². The molecule has 134 valence electrons. The molecule has 0 saturated carbocycles. The zero-order valence-electron chi connectivity index (χ0n) is 16.2. The number of fused-ring (bicyclic) bond motifs is 6. The van der Waals surface area contributed by atoms with Crippen LogP contribution in [-0.2, 0) is 0 Å². The van der Waals surface area contributed by atoms with Gasteiger partial charge in [0, 0.05) is 24.3 Å². The second-order valence-electron chi connectivity index (χ2n) is 7.86. The van der Waals surface area contributed by atoms with Crippen molar-refractivity contribution in [1.29, 1.82) is 0 Å². The first kappa shape index (κ1) is 16.4. The molecule has 1 heteroatoms. The molecule has 0 spiro atoms. The Bertz CT molecular complexity index is 1070. The third kappa shape index (κ3) is 2.31. The summed E-state index contributed by atoms with van der Waals surface area (Å²) in [6, 6.07) is 26.9. The van der Waals surface area contributed by atoms with Crippen molar-refractivity contribution < 1.29 is 0 Å². The van der Waals surface area contributed by atoms with E-state index in [1.54, 1.807) is 0 Å². The van der Waals surface area contributed by atoms with Crippen LogP contribution in [0.3, 0.4) is 0 Å². The Labute approximate surface area is 161 Å². The van der Waals surface area contributed by atoms with Gasteiger partial charge in [-0.25, -0.2) is 0 Å². The largest absolute Gasteiger partial charge is 0.344 e. The first-order valence-corrected chi connectivity index (χ1v) is 9.97. The van der Waals surface area contributed by atoms with Crippen LogP contribution in [0.5, 0.6) is 0 Å². The number of rotatable bonds is 2. The smallest absolute Gasteiger partial charge is 0.0453 e. The molecule has 1 nitrogen and oxygen atoms in total. The molecular formula is C26H25N. The lowest BCUT2D eigenvalue weighted by Gasteiger charge is -2.39. The second kappa shape index (κ2) is 6.13. The fourth-order valence-corrected chi connectivity index (χ4v) is 4.89. The zero-order chi connectivity index (χ0) is 18.5. The third-order valence-corrected chi connectivity index (χ3v) is 6.45. The molecule has 1 aliphatic rings. The summed E-state index contributed by atoms with van der Waals surface area (Å²) in [7, 11) is 2.22. The van der Waals surface area contributed by atoms with Gasteiger partial charge in [-0.1, -0.05) is 80.9 Å². The number of nitrogens with zero attached hydrogens (tertiary/aromatic N) is 1. The molecule has 0 saturated heterocycles. The number of hydrogen-bond donors (Lipinski definition) is 0. The minimum Gasteiger partial charge on any atom is -0.344 e. The molecule has 0 N–H and O–H groups in total. The van der Waals surface area contributed by atoms with Gasteiger partial charge in [0.15, 0.2) is 0 Å². The van der Waals surface area contributed by atoms with E-state index >= 15 is 0 Å². The SMILES string of the molecule is CCC(C)C1c2c(ccc3ccccc23)N(C)c2ccc3ccccc3c21. The number of benzene rings is 4. The van der Waals surface area contributed by atoms with Crippen LogP contribution in [0.4, 0.5) is 11.4 Å². The van der Waals surface area contributed by atoms with Gasteiger partial charge in [0.2, 0.25) is 0 Å². The monoisotopic (exact) mass is 351 g/mol. The van der Waals surface area contributed by atoms with Crippen molar-refractivity contribution in [1.82, 2.24) is 0 Å². The van der Waals surface area contributed by atoms with Gasteiger partial charge in [0.05, 0.1) is 0 Å². The maximum absolute atomic E-state index is 2.41. The Balaban J connectivity index is 1.93. The minimum absolute atomic E-state index is 0.411. The molecule has 1 unspecified atom stereocenters. The average Bonchev–Trinajstić information content (AvgIpc) is 2.73. The van der Waals surface area contributed by atoms with Crippen molar-refractivity contribution in [2.45, 2.75) is 26.2 Å². The van der Waals surface area contributed by atoms with Crippen molar-refractivity contribution in [3.63, 3.8) is 0 Å². The first-order chi connectivity index (χ1) is 13.2. The van der Waals surface area contributed by atoms with E-state index in [1.807, 2.05) is 0 Å². The Morgan fingerprint density at radius 3 is 1.70 bits per heavy atom. The van der Waals surface area contributed by atoms with Crippen molar-refractivity contribution in [3.8, 4) is 0 Å². The highest BCUT2D eigenvalue weighted by molar-refractivity contribution is 5.99. The van der Waals surface area contributed by atoms with Gasteiger partial charge < -0.3 is 4.90 Å². The van der Waals surface area contributed by atoms with Crippen LogP contribution in [-0.4, -0.2) is 7.05 Å². The van der Waals surface area contributed by atoms with Crippen LogP contribution in [0.15, 0.2) is 72.8 Å². The summed E-state index contributed by atoms with van der Waals surface area (Å²) in [5, 5.41) is 5.46. The molecule has 1 aliphatic heterocycles. The van der Waals surface area contributed by atoms with E-state index in [0.717, 1.165) is 0 Å². The lowest BCUT2D eigenvalue weighted by molar-refractivity contribution is 0.498. The molecule has 4 aromatic carbocycles. The maximum Gasteiger partial charge on any atom is 0.0453 e. The second-order valence-corrected chi connectivity index (χ2v) is 7.86. The molecule has 0 amide bonds. The van der Waals surface area contributed by atoms with E-state index in [2.05, 4.69) is 98.6 Å². The Kier molecular flexibility index (Phi) is 3.72. The van der Waals surface area contributed by atoms with Crippen molar-refractivity contribution >= 4 is 32.9 Å². The first-order valence-electron chi connectivity index (χ1n) is 9.97. The standard InChI is InChI=1S/C26H25N/c1-4-17(2)24-25-20-11-7-5-9-18(20)13-15-22(25)27(3)23-16-14-19-10-6-8-12-21(19)26(23)24/h5-17,24H,4H2,1-3H3. The Hall–Kier alpha value is -2.80. The van der Waals surface area contributed by atoms with Crippen molar-refractivity contribution in [3.05, 3.63) is 83.9 Å². The molecular weight excluding hydrogens is 326 g/mol. The predicted octanol–water partition coefficient (Wildman–Crippen LogP) is 7.25. The quantitative estimate of drug-likeness (QED) is 0.367. The predicted molar refractivity (Wildman–Crippen MR) is 117 cm³/mol. The fraction of sp³-hybridized carbons (Fsp3) is 0.231. The summed E-state index contributed by atoms with van der Waals surface area (Å²) in [5.41, 5.74) is 5.69. The highest BCUT2D eigenvalue weighted by Gasteiger charge is 2.34. The minimum atomic E-state index is 0.411. The van der Waals surface area contributed by atoms with Gasteiger partial charge in [-0.15, -0.1) is 0 Å². The highest BCUT2D eigenvalue weighted by Crippen LogP contribution is 2.52. The molecule has 0 aliphatic carbocycles. The van der Waals surface area contributed by atoms with Crippen LogP contribution < -0.4 is 4.90 Å². The van der Waals surface area contributed by atoms with Crippen LogP contribution in [0.25, 0.3) is 21.5 Å². The van der Waals surface area contributed by atoms with Crippen LogP contribution in [0.1, 0.15) is 37.3 Å². The number of anilines is 2. The van der Waals surface area contributed by atoms with Gasteiger partial charge in [-0.05, 0) is 50.7 Å². The highest BCUT2D eigenvalue weighted by atomic mass is 15.1.